The van der Waals surface area contributed by atoms with Crippen molar-refractivity contribution < 1.29 is 29.5 Å². The van der Waals surface area contributed by atoms with Gasteiger partial charge in [-0.25, -0.2) is 0 Å². The molecule has 0 spiro atoms. The first-order chi connectivity index (χ1) is 14.8. The number of nitrogens with one attached hydrogen (secondary N) is 3. The smallest absolute Gasteiger partial charge is 0.234 e. The third kappa shape index (κ3) is 4.15. The topological polar surface area (TPSA) is 124 Å². The van der Waals surface area contributed by atoms with Crippen LogP contribution in [0.1, 0.15) is 24.5 Å². The summed E-state index contributed by atoms with van der Waals surface area (Å²) in [5.74, 6) is -1.76. The van der Waals surface area contributed by atoms with Gasteiger partial charge >= 0.3 is 0 Å². The van der Waals surface area contributed by atoms with Gasteiger partial charge in [-0.3, -0.25) is 0 Å². The summed E-state index contributed by atoms with van der Waals surface area (Å²) in [7, 11) is 3.38. The summed E-state index contributed by atoms with van der Waals surface area (Å²) < 4.78 is 18.2. The molecular formula is C22H35N3O6. The first-order valence-corrected chi connectivity index (χ1v) is 11.0. The van der Waals surface area contributed by atoms with Gasteiger partial charge in [0.15, 0.2) is 0 Å². The van der Waals surface area contributed by atoms with Gasteiger partial charge in [-0.15, -0.1) is 0 Å². The zero-order chi connectivity index (χ0) is 22.3. The summed E-state index contributed by atoms with van der Waals surface area (Å²) in [6, 6.07) is 6.57. The molecule has 3 fully saturated rings. The summed E-state index contributed by atoms with van der Waals surface area (Å²) >= 11 is 0. The number of hydrogen-bond acceptors (Lipinski definition) is 9. The van der Waals surface area contributed by atoms with Crippen LogP contribution in [0.3, 0.4) is 0 Å². The Morgan fingerprint density at radius 1 is 1.00 bits per heavy atom. The molecule has 0 bridgehead atoms. The lowest BCUT2D eigenvalue weighted by molar-refractivity contribution is -0.449. The van der Waals surface area contributed by atoms with Crippen molar-refractivity contribution in [1.82, 2.24) is 16.0 Å². The van der Waals surface area contributed by atoms with Crippen LogP contribution >= 0.6 is 0 Å². The highest BCUT2D eigenvalue weighted by Gasteiger charge is 2.63. The Morgan fingerprint density at radius 2 is 1.68 bits per heavy atom. The molecule has 2 aliphatic heterocycles. The Kier molecular flexibility index (Phi) is 6.69. The molecule has 1 aliphatic carbocycles. The molecule has 0 amide bonds. The highest BCUT2D eigenvalue weighted by molar-refractivity contribution is 5.21. The Labute approximate surface area is 183 Å². The van der Waals surface area contributed by atoms with Crippen molar-refractivity contribution >= 4 is 0 Å². The molecule has 1 aromatic rings. The van der Waals surface area contributed by atoms with E-state index in [1.165, 1.54) is 5.56 Å². The summed E-state index contributed by atoms with van der Waals surface area (Å²) in [4.78, 5) is 0. The minimum atomic E-state index is -1.76. The van der Waals surface area contributed by atoms with Crippen molar-refractivity contribution in [3.63, 3.8) is 0 Å². The van der Waals surface area contributed by atoms with E-state index in [-0.39, 0.29) is 6.10 Å². The third-order valence-corrected chi connectivity index (χ3v) is 6.82. The van der Waals surface area contributed by atoms with Gasteiger partial charge in [-0.1, -0.05) is 29.8 Å². The predicted octanol–water partition coefficient (Wildman–Crippen LogP) is -1.03. The lowest BCUT2D eigenvalue weighted by Gasteiger charge is -2.58. The minimum absolute atomic E-state index is 0.174. The molecule has 3 aliphatic rings. The number of hydrogen-bond donors (Lipinski definition) is 6. The molecule has 31 heavy (non-hydrogen) atoms. The molecule has 2 saturated heterocycles. The largest absolute Gasteiger partial charge is 0.390 e. The maximum absolute atomic E-state index is 11.6. The van der Waals surface area contributed by atoms with E-state index in [1.807, 2.05) is 38.1 Å². The molecule has 174 valence electrons. The van der Waals surface area contributed by atoms with E-state index in [1.54, 1.807) is 14.1 Å². The Balaban J connectivity index is 1.56. The molecule has 10 unspecified atom stereocenters. The monoisotopic (exact) mass is 437 g/mol. The number of aryl methyl sites for hydroxylation is 1. The average molecular weight is 438 g/mol. The number of aliphatic hydroxyl groups is 3. The Bertz CT molecular complexity index is 751. The molecule has 6 N–H and O–H groups in total. The highest BCUT2D eigenvalue weighted by atomic mass is 16.8. The molecule has 10 atom stereocenters. The number of rotatable bonds is 5. The fraction of sp³-hybridized carbons (Fsp3) is 0.727. The van der Waals surface area contributed by atoms with Gasteiger partial charge in [0.05, 0.1) is 30.3 Å². The zero-order valence-electron chi connectivity index (χ0n) is 18.5. The predicted molar refractivity (Wildman–Crippen MR) is 113 cm³/mol. The van der Waals surface area contributed by atoms with E-state index in [0.29, 0.717) is 13.0 Å². The van der Waals surface area contributed by atoms with E-state index in [2.05, 4.69) is 16.0 Å². The maximum atomic E-state index is 11.6. The lowest BCUT2D eigenvalue weighted by atomic mass is 9.79. The summed E-state index contributed by atoms with van der Waals surface area (Å²) in [5, 5.41) is 42.6. The van der Waals surface area contributed by atoms with Gasteiger partial charge in [0.25, 0.3) is 0 Å². The van der Waals surface area contributed by atoms with Crippen molar-refractivity contribution in [2.45, 2.75) is 87.5 Å². The molecule has 1 aromatic carbocycles. The molecule has 1 saturated carbocycles. The van der Waals surface area contributed by atoms with E-state index in [4.69, 9.17) is 14.2 Å². The molecular weight excluding hydrogens is 402 g/mol. The number of benzene rings is 1. The zero-order valence-corrected chi connectivity index (χ0v) is 18.5. The van der Waals surface area contributed by atoms with Crippen LogP contribution in [0.25, 0.3) is 0 Å². The second-order valence-electron chi connectivity index (χ2n) is 8.98. The number of likely N-dealkylation sites (N-methyl/N-ethyl adjacent to an activating group) is 2. The van der Waals surface area contributed by atoms with Gasteiger partial charge in [-0.2, -0.15) is 0 Å². The van der Waals surface area contributed by atoms with Gasteiger partial charge in [0, 0.05) is 6.54 Å². The van der Waals surface area contributed by atoms with Crippen LogP contribution in [-0.4, -0.2) is 90.1 Å². The number of aliphatic hydroxyl groups excluding tert-OH is 2. The van der Waals surface area contributed by atoms with Crippen molar-refractivity contribution in [1.29, 1.82) is 0 Å². The van der Waals surface area contributed by atoms with Gasteiger partial charge in [0.2, 0.25) is 12.1 Å². The second kappa shape index (κ2) is 9.01. The van der Waals surface area contributed by atoms with Crippen LogP contribution in [0.15, 0.2) is 24.3 Å². The lowest BCUT2D eigenvalue weighted by Crippen LogP contribution is -2.79. The molecule has 4 rings (SSSR count). The van der Waals surface area contributed by atoms with Gasteiger partial charge in [-0.05, 0) is 39.9 Å². The normalized spacial score (nSPS) is 45.1. The maximum Gasteiger partial charge on any atom is 0.234 e. The van der Waals surface area contributed by atoms with Crippen LogP contribution in [-0.2, 0) is 20.8 Å². The standard InChI is InChI=1S/C22H35N3O6/c1-11-5-7-13(8-6-11)10-25-14-9-12(2)29-21-22(14,28)31-19-16(24-4)17(26)15(23-3)18(27)20(19)30-21/h5-8,12,14-21,23-28H,9-10H2,1-4H3. The summed E-state index contributed by atoms with van der Waals surface area (Å²) in [6.45, 7) is 4.51. The number of fused-ring (bicyclic) bond motifs is 2. The van der Waals surface area contributed by atoms with E-state index in [9.17, 15) is 15.3 Å². The van der Waals surface area contributed by atoms with Crippen LogP contribution < -0.4 is 16.0 Å². The first kappa shape index (κ1) is 23.0. The molecule has 0 aromatic heterocycles. The summed E-state index contributed by atoms with van der Waals surface area (Å²) in [6.07, 6.45) is -4.21. The van der Waals surface area contributed by atoms with Gasteiger partial charge in [0.1, 0.15) is 18.3 Å². The molecule has 2 heterocycles. The summed E-state index contributed by atoms with van der Waals surface area (Å²) in [5.41, 5.74) is 2.28. The highest BCUT2D eigenvalue weighted by Crippen LogP contribution is 2.42. The second-order valence-corrected chi connectivity index (χ2v) is 8.98. The SMILES string of the molecule is CNC1C(O)C(NC)C2OC3(O)C(NCc4ccc(C)cc4)CC(C)OC3OC2C1O. The van der Waals surface area contributed by atoms with Crippen molar-refractivity contribution in [2.75, 3.05) is 14.1 Å². The van der Waals surface area contributed by atoms with Crippen LogP contribution in [0.4, 0.5) is 0 Å². The first-order valence-electron chi connectivity index (χ1n) is 11.0. The van der Waals surface area contributed by atoms with E-state index < -0.39 is 54.6 Å². The van der Waals surface area contributed by atoms with Crippen LogP contribution in [0.5, 0.6) is 0 Å². The molecule has 0 radical (unpaired) electrons. The van der Waals surface area contributed by atoms with Crippen LogP contribution in [0.2, 0.25) is 0 Å². The third-order valence-electron chi connectivity index (χ3n) is 6.82. The Hall–Kier alpha value is -1.14. The van der Waals surface area contributed by atoms with Crippen molar-refractivity contribution in [3.05, 3.63) is 35.4 Å². The molecule has 9 nitrogen and oxygen atoms in total. The Morgan fingerprint density at radius 3 is 2.32 bits per heavy atom. The minimum Gasteiger partial charge on any atom is -0.390 e. The van der Waals surface area contributed by atoms with E-state index in [0.717, 1.165) is 5.56 Å². The van der Waals surface area contributed by atoms with E-state index >= 15 is 0 Å². The number of ether oxygens (including phenoxy) is 3. The van der Waals surface area contributed by atoms with Crippen molar-refractivity contribution in [3.8, 4) is 0 Å². The molecule has 9 heteroatoms. The quantitative estimate of drug-likeness (QED) is 0.343. The fourth-order valence-electron chi connectivity index (χ4n) is 5.03. The van der Waals surface area contributed by atoms with Crippen molar-refractivity contribution in [2.24, 2.45) is 0 Å². The average Bonchev–Trinajstić information content (AvgIpc) is 2.73. The fourth-order valence-corrected chi connectivity index (χ4v) is 5.03. The van der Waals surface area contributed by atoms with Gasteiger partial charge < -0.3 is 45.5 Å². The van der Waals surface area contributed by atoms with Crippen LogP contribution in [0, 0.1) is 6.92 Å².